The molecule has 1 aromatic carbocycles. The van der Waals surface area contributed by atoms with Crippen LogP contribution in [0.25, 0.3) is 22.0 Å². The van der Waals surface area contributed by atoms with Crippen LogP contribution in [0.1, 0.15) is 10.4 Å². The van der Waals surface area contributed by atoms with Gasteiger partial charge in [0.25, 0.3) is 11.5 Å². The maximum absolute atomic E-state index is 13.0. The summed E-state index contributed by atoms with van der Waals surface area (Å²) in [5.74, 6) is -0.320. The Labute approximate surface area is 170 Å². The van der Waals surface area contributed by atoms with Crippen LogP contribution in [0.4, 0.5) is 5.13 Å². The Hall–Kier alpha value is -3.36. The first-order chi connectivity index (χ1) is 14.2. The van der Waals surface area contributed by atoms with Crippen LogP contribution < -0.4 is 10.9 Å². The average molecular weight is 406 g/mol. The number of carbonyl (C=O) groups is 1. The standard InChI is InChI=1S/C21H18N4O3S/c1-28-10-9-25-12-17(15-6-2-3-7-16(15)20(25)27)19(26)24-21-23-18(13-29-21)14-5-4-8-22-11-14/h2-8,11-13H,9-10H2,1H3,(H,23,24,26). The highest BCUT2D eigenvalue weighted by molar-refractivity contribution is 7.14. The molecule has 3 aromatic heterocycles. The van der Waals surface area contributed by atoms with Crippen LogP contribution in [-0.2, 0) is 11.3 Å². The highest BCUT2D eigenvalue weighted by Gasteiger charge is 2.16. The van der Waals surface area contributed by atoms with Crippen molar-refractivity contribution in [2.75, 3.05) is 19.0 Å². The molecule has 0 saturated carbocycles. The van der Waals surface area contributed by atoms with Gasteiger partial charge in [-0.1, -0.05) is 18.2 Å². The molecule has 0 aliphatic carbocycles. The molecule has 0 saturated heterocycles. The Morgan fingerprint density at radius 2 is 2.03 bits per heavy atom. The summed E-state index contributed by atoms with van der Waals surface area (Å²) in [6, 6.07) is 10.8. The van der Waals surface area contributed by atoms with Gasteiger partial charge >= 0.3 is 0 Å². The summed E-state index contributed by atoms with van der Waals surface area (Å²) in [5, 5.41) is 6.29. The number of thiazole rings is 1. The molecule has 7 nitrogen and oxygen atoms in total. The predicted octanol–water partition coefficient (Wildman–Crippen LogP) is 3.42. The van der Waals surface area contributed by atoms with Crippen molar-refractivity contribution in [1.29, 1.82) is 0 Å². The third-order valence-electron chi connectivity index (χ3n) is 4.46. The number of amides is 1. The van der Waals surface area contributed by atoms with E-state index in [0.29, 0.717) is 34.6 Å². The molecule has 0 aliphatic heterocycles. The van der Waals surface area contributed by atoms with Gasteiger partial charge in [-0.15, -0.1) is 11.3 Å². The number of hydrogen-bond donors (Lipinski definition) is 1. The van der Waals surface area contributed by atoms with Crippen LogP contribution in [0, 0.1) is 0 Å². The molecule has 0 bridgehead atoms. The van der Waals surface area contributed by atoms with Crippen LogP contribution in [0.15, 0.2) is 65.2 Å². The van der Waals surface area contributed by atoms with E-state index in [4.69, 9.17) is 4.74 Å². The SMILES string of the molecule is COCCn1cc(C(=O)Nc2nc(-c3cccnc3)cs2)c2ccccc2c1=O. The third kappa shape index (κ3) is 3.94. The van der Waals surface area contributed by atoms with Crippen molar-refractivity contribution in [3.63, 3.8) is 0 Å². The number of benzene rings is 1. The molecule has 0 atom stereocenters. The van der Waals surface area contributed by atoms with Crippen LogP contribution in [-0.4, -0.2) is 34.2 Å². The van der Waals surface area contributed by atoms with E-state index in [1.165, 1.54) is 15.9 Å². The summed E-state index contributed by atoms with van der Waals surface area (Å²) < 4.78 is 6.58. The zero-order valence-corrected chi connectivity index (χ0v) is 16.5. The molecule has 146 valence electrons. The van der Waals surface area contributed by atoms with Gasteiger partial charge in [0, 0.05) is 54.0 Å². The van der Waals surface area contributed by atoms with Gasteiger partial charge in [-0.05, 0) is 18.2 Å². The zero-order chi connectivity index (χ0) is 20.2. The van der Waals surface area contributed by atoms with Gasteiger partial charge in [0.05, 0.1) is 17.9 Å². The van der Waals surface area contributed by atoms with Gasteiger partial charge in [-0.2, -0.15) is 0 Å². The first-order valence-electron chi connectivity index (χ1n) is 8.96. The Balaban J connectivity index is 1.67. The number of nitrogens with zero attached hydrogens (tertiary/aromatic N) is 3. The van der Waals surface area contributed by atoms with E-state index < -0.39 is 0 Å². The van der Waals surface area contributed by atoms with E-state index in [-0.39, 0.29) is 11.5 Å². The smallest absolute Gasteiger partial charge is 0.259 e. The van der Waals surface area contributed by atoms with Crippen molar-refractivity contribution < 1.29 is 9.53 Å². The van der Waals surface area contributed by atoms with E-state index in [9.17, 15) is 9.59 Å². The van der Waals surface area contributed by atoms with E-state index in [1.54, 1.807) is 43.9 Å². The first-order valence-corrected chi connectivity index (χ1v) is 9.84. The highest BCUT2D eigenvalue weighted by Crippen LogP contribution is 2.25. The van der Waals surface area contributed by atoms with Gasteiger partial charge in [0.1, 0.15) is 0 Å². The van der Waals surface area contributed by atoms with Crippen LogP contribution in [0.5, 0.6) is 0 Å². The molecule has 4 rings (SSSR count). The summed E-state index contributed by atoms with van der Waals surface area (Å²) >= 11 is 1.33. The number of fused-ring (bicyclic) bond motifs is 1. The fraction of sp³-hybridized carbons (Fsp3) is 0.143. The van der Waals surface area contributed by atoms with Crippen molar-refractivity contribution in [2.24, 2.45) is 0 Å². The average Bonchev–Trinajstić information content (AvgIpc) is 3.22. The Morgan fingerprint density at radius 1 is 1.21 bits per heavy atom. The summed E-state index contributed by atoms with van der Waals surface area (Å²) in [4.78, 5) is 34.3. The number of ether oxygens (including phenoxy) is 1. The Bertz CT molecular complexity index is 1220. The fourth-order valence-electron chi connectivity index (χ4n) is 3.02. The van der Waals surface area contributed by atoms with Gasteiger partial charge in [0.2, 0.25) is 0 Å². The van der Waals surface area contributed by atoms with Crippen molar-refractivity contribution in [3.05, 3.63) is 76.3 Å². The quantitative estimate of drug-likeness (QED) is 0.530. The largest absolute Gasteiger partial charge is 0.383 e. The topological polar surface area (TPSA) is 86.1 Å². The highest BCUT2D eigenvalue weighted by atomic mass is 32.1. The second-order valence-corrected chi connectivity index (χ2v) is 7.17. The summed E-state index contributed by atoms with van der Waals surface area (Å²) in [5.41, 5.74) is 1.88. The molecule has 0 aliphatic rings. The minimum absolute atomic E-state index is 0.151. The lowest BCUT2D eigenvalue weighted by atomic mass is 10.1. The first kappa shape index (κ1) is 19.0. The lowest BCUT2D eigenvalue weighted by Crippen LogP contribution is -2.25. The Morgan fingerprint density at radius 3 is 2.79 bits per heavy atom. The Kier molecular flexibility index (Phi) is 5.46. The number of nitrogens with one attached hydrogen (secondary N) is 1. The number of pyridine rings is 2. The van der Waals surface area contributed by atoms with E-state index >= 15 is 0 Å². The molecular formula is C21H18N4O3S. The van der Waals surface area contributed by atoms with Crippen molar-refractivity contribution in [2.45, 2.75) is 6.54 Å². The van der Waals surface area contributed by atoms with Crippen LogP contribution >= 0.6 is 11.3 Å². The predicted molar refractivity (Wildman–Crippen MR) is 113 cm³/mol. The number of rotatable bonds is 6. The maximum atomic E-state index is 13.0. The molecule has 8 heteroatoms. The number of anilines is 1. The summed E-state index contributed by atoms with van der Waals surface area (Å²) in [6.07, 6.45) is 5.00. The fourth-order valence-corrected chi connectivity index (χ4v) is 3.74. The van der Waals surface area contributed by atoms with E-state index in [2.05, 4.69) is 15.3 Å². The number of aromatic nitrogens is 3. The molecule has 4 aromatic rings. The van der Waals surface area contributed by atoms with Crippen molar-refractivity contribution in [1.82, 2.24) is 14.5 Å². The monoisotopic (exact) mass is 406 g/mol. The molecule has 0 radical (unpaired) electrons. The second-order valence-electron chi connectivity index (χ2n) is 6.31. The van der Waals surface area contributed by atoms with E-state index in [0.717, 1.165) is 11.3 Å². The third-order valence-corrected chi connectivity index (χ3v) is 5.21. The minimum Gasteiger partial charge on any atom is -0.383 e. The van der Waals surface area contributed by atoms with Gasteiger partial charge in [0.15, 0.2) is 5.13 Å². The van der Waals surface area contributed by atoms with Gasteiger partial charge in [-0.3, -0.25) is 19.9 Å². The zero-order valence-electron chi connectivity index (χ0n) is 15.7. The van der Waals surface area contributed by atoms with Crippen molar-refractivity contribution in [3.8, 4) is 11.3 Å². The molecule has 0 spiro atoms. The summed E-state index contributed by atoms with van der Waals surface area (Å²) in [6.45, 7) is 0.739. The lowest BCUT2D eigenvalue weighted by molar-refractivity contribution is 0.102. The van der Waals surface area contributed by atoms with E-state index in [1.807, 2.05) is 23.6 Å². The molecule has 1 N–H and O–H groups in total. The number of hydrogen-bond acceptors (Lipinski definition) is 6. The van der Waals surface area contributed by atoms with Gasteiger partial charge in [-0.25, -0.2) is 4.98 Å². The molecule has 0 fully saturated rings. The lowest BCUT2D eigenvalue weighted by Gasteiger charge is -2.11. The van der Waals surface area contributed by atoms with Crippen molar-refractivity contribution >= 4 is 33.1 Å². The maximum Gasteiger partial charge on any atom is 0.259 e. The normalized spacial score (nSPS) is 10.9. The van der Waals surface area contributed by atoms with Gasteiger partial charge < -0.3 is 9.30 Å². The van der Waals surface area contributed by atoms with Crippen LogP contribution in [0.2, 0.25) is 0 Å². The molecule has 1 amide bonds. The van der Waals surface area contributed by atoms with Crippen LogP contribution in [0.3, 0.4) is 0 Å². The molecule has 29 heavy (non-hydrogen) atoms. The minimum atomic E-state index is -0.320. The number of carbonyl (C=O) groups excluding carboxylic acids is 1. The summed E-state index contributed by atoms with van der Waals surface area (Å²) in [7, 11) is 1.57. The molecular weight excluding hydrogens is 388 g/mol. The second kappa shape index (κ2) is 8.34. The molecule has 3 heterocycles. The number of methoxy groups -OCH3 is 1. The molecule has 0 unspecified atom stereocenters.